The third kappa shape index (κ3) is 3.48. The third-order valence-corrected chi connectivity index (χ3v) is 3.92. The molecular weight excluding hydrogens is 292 g/mol. The van der Waals surface area contributed by atoms with Crippen LogP contribution in [0.1, 0.15) is 28.8 Å². The molecule has 1 unspecified atom stereocenters. The fourth-order valence-electron chi connectivity index (χ4n) is 2.75. The van der Waals surface area contributed by atoms with Gasteiger partial charge < -0.3 is 10.2 Å². The van der Waals surface area contributed by atoms with Crippen LogP contribution in [0.15, 0.2) is 30.7 Å². The normalized spacial score (nSPS) is 17.6. The predicted molar refractivity (Wildman–Crippen MR) is 84.9 cm³/mol. The van der Waals surface area contributed by atoms with Gasteiger partial charge in [-0.05, 0) is 25.0 Å². The summed E-state index contributed by atoms with van der Waals surface area (Å²) >= 11 is 0. The summed E-state index contributed by atoms with van der Waals surface area (Å²) in [6.45, 7) is 1.61. The van der Waals surface area contributed by atoms with Crippen molar-refractivity contribution in [3.63, 3.8) is 0 Å². The molecule has 0 radical (unpaired) electrons. The van der Waals surface area contributed by atoms with Gasteiger partial charge >= 0.3 is 0 Å². The van der Waals surface area contributed by atoms with Crippen LogP contribution in [0.4, 0.5) is 5.82 Å². The number of anilines is 1. The number of carbonyl (C=O) groups excluding carboxylic acids is 1. The zero-order valence-corrected chi connectivity index (χ0v) is 12.9. The van der Waals surface area contributed by atoms with Crippen LogP contribution in [0.25, 0.3) is 0 Å². The lowest BCUT2D eigenvalue weighted by molar-refractivity contribution is 0.0933. The Bertz CT molecular complexity index is 730. The lowest BCUT2D eigenvalue weighted by atomic mass is 10.1. The summed E-state index contributed by atoms with van der Waals surface area (Å²) in [7, 11) is 1.79. The van der Waals surface area contributed by atoms with E-state index in [-0.39, 0.29) is 11.9 Å². The predicted octanol–water partition coefficient (Wildman–Crippen LogP) is 1.09. The Morgan fingerprint density at radius 3 is 2.96 bits per heavy atom. The van der Waals surface area contributed by atoms with E-state index in [1.807, 2.05) is 6.07 Å². The second-order valence-electron chi connectivity index (χ2n) is 5.68. The first kappa shape index (κ1) is 15.0. The number of aromatic nitrogens is 3. The number of aryl methyl sites for hydroxylation is 1. The molecule has 1 atom stereocenters. The number of nitrogens with zero attached hydrogens (tertiary/aromatic N) is 5. The first-order chi connectivity index (χ1) is 11.2. The molecule has 0 bridgehead atoms. The summed E-state index contributed by atoms with van der Waals surface area (Å²) in [6, 6.07) is 5.76. The molecule has 7 heteroatoms. The molecule has 3 heterocycles. The van der Waals surface area contributed by atoms with E-state index in [0.29, 0.717) is 17.7 Å². The van der Waals surface area contributed by atoms with E-state index in [0.717, 1.165) is 25.2 Å². The quantitative estimate of drug-likeness (QED) is 0.917. The first-order valence-corrected chi connectivity index (χ1v) is 7.56. The first-order valence-electron chi connectivity index (χ1n) is 7.56. The summed E-state index contributed by atoms with van der Waals surface area (Å²) < 4.78 is 1.61. The Labute approximate surface area is 134 Å². The Morgan fingerprint density at radius 2 is 2.30 bits per heavy atom. The van der Waals surface area contributed by atoms with Gasteiger partial charge in [-0.3, -0.25) is 9.48 Å². The highest BCUT2D eigenvalue weighted by Crippen LogP contribution is 2.18. The van der Waals surface area contributed by atoms with Crippen molar-refractivity contribution in [1.29, 1.82) is 5.26 Å². The summed E-state index contributed by atoms with van der Waals surface area (Å²) in [5.41, 5.74) is 1.12. The van der Waals surface area contributed by atoms with Crippen molar-refractivity contribution in [3.8, 4) is 6.07 Å². The second kappa shape index (κ2) is 6.48. The minimum Gasteiger partial charge on any atom is -0.355 e. The number of amides is 1. The van der Waals surface area contributed by atoms with E-state index in [4.69, 9.17) is 5.26 Å². The number of hydrogen-bond acceptors (Lipinski definition) is 5. The van der Waals surface area contributed by atoms with Crippen molar-refractivity contribution in [2.75, 3.05) is 18.0 Å². The molecule has 7 nitrogen and oxygen atoms in total. The van der Waals surface area contributed by atoms with Crippen molar-refractivity contribution in [2.24, 2.45) is 7.05 Å². The minimum absolute atomic E-state index is 0.0777. The molecule has 3 rings (SSSR count). The molecule has 23 heavy (non-hydrogen) atoms. The van der Waals surface area contributed by atoms with Gasteiger partial charge in [0.2, 0.25) is 0 Å². The topological polar surface area (TPSA) is 86.8 Å². The second-order valence-corrected chi connectivity index (χ2v) is 5.68. The van der Waals surface area contributed by atoms with Crippen LogP contribution in [0, 0.1) is 11.3 Å². The number of rotatable bonds is 3. The van der Waals surface area contributed by atoms with Gasteiger partial charge in [0.25, 0.3) is 5.91 Å². The SMILES string of the molecule is Cn1cc(C(=O)NC2CCCN(c3ccc(C#N)cn3)C2)cn1. The Morgan fingerprint density at radius 1 is 1.43 bits per heavy atom. The van der Waals surface area contributed by atoms with Crippen LogP contribution in [0.3, 0.4) is 0 Å². The molecular formula is C16H18N6O. The zero-order chi connectivity index (χ0) is 16.2. The summed E-state index contributed by atoms with van der Waals surface area (Å²) in [5.74, 6) is 0.738. The van der Waals surface area contributed by atoms with Gasteiger partial charge in [0.05, 0.1) is 17.3 Å². The zero-order valence-electron chi connectivity index (χ0n) is 12.9. The molecule has 1 aliphatic rings. The van der Waals surface area contributed by atoms with Crippen LogP contribution in [0.2, 0.25) is 0 Å². The maximum Gasteiger partial charge on any atom is 0.254 e. The Balaban J connectivity index is 1.63. The smallest absolute Gasteiger partial charge is 0.254 e. The van der Waals surface area contributed by atoms with Gasteiger partial charge in [-0.1, -0.05) is 0 Å². The van der Waals surface area contributed by atoms with Gasteiger partial charge in [-0.2, -0.15) is 10.4 Å². The highest BCUT2D eigenvalue weighted by atomic mass is 16.1. The van der Waals surface area contributed by atoms with Gasteiger partial charge in [0.1, 0.15) is 11.9 Å². The van der Waals surface area contributed by atoms with Crippen molar-refractivity contribution in [3.05, 3.63) is 41.9 Å². The number of nitriles is 1. The largest absolute Gasteiger partial charge is 0.355 e. The molecule has 2 aromatic rings. The maximum absolute atomic E-state index is 12.2. The summed E-state index contributed by atoms with van der Waals surface area (Å²) in [5, 5.41) is 15.9. The number of carbonyl (C=O) groups is 1. The summed E-state index contributed by atoms with van der Waals surface area (Å²) in [4.78, 5) is 18.7. The van der Waals surface area contributed by atoms with Gasteiger partial charge in [-0.15, -0.1) is 0 Å². The van der Waals surface area contributed by atoms with E-state index in [2.05, 4.69) is 26.4 Å². The molecule has 0 aromatic carbocycles. The van der Waals surface area contributed by atoms with Crippen LogP contribution in [-0.2, 0) is 7.05 Å². The van der Waals surface area contributed by atoms with E-state index in [1.165, 1.54) is 0 Å². The number of nitrogens with one attached hydrogen (secondary N) is 1. The Hall–Kier alpha value is -2.88. The van der Waals surface area contributed by atoms with Crippen LogP contribution >= 0.6 is 0 Å². The van der Waals surface area contributed by atoms with E-state index in [9.17, 15) is 4.79 Å². The maximum atomic E-state index is 12.2. The van der Waals surface area contributed by atoms with Gasteiger partial charge in [0, 0.05) is 38.6 Å². The standard InChI is InChI=1S/C16H18N6O/c1-21-10-13(9-19-21)16(23)20-14-3-2-6-22(11-14)15-5-4-12(7-17)8-18-15/h4-5,8-10,14H,2-3,6,11H2,1H3,(H,20,23). The molecule has 0 aliphatic carbocycles. The molecule has 0 spiro atoms. The molecule has 1 saturated heterocycles. The van der Waals surface area contributed by atoms with Gasteiger partial charge in [0.15, 0.2) is 0 Å². The Kier molecular flexibility index (Phi) is 4.24. The lowest BCUT2D eigenvalue weighted by Crippen LogP contribution is -2.48. The highest BCUT2D eigenvalue weighted by Gasteiger charge is 2.23. The fraction of sp³-hybridized carbons (Fsp3) is 0.375. The van der Waals surface area contributed by atoms with Crippen LogP contribution in [-0.4, -0.2) is 39.8 Å². The van der Waals surface area contributed by atoms with Crippen LogP contribution in [0.5, 0.6) is 0 Å². The van der Waals surface area contributed by atoms with Crippen molar-refractivity contribution >= 4 is 11.7 Å². The molecule has 2 aromatic heterocycles. The van der Waals surface area contributed by atoms with E-state index < -0.39 is 0 Å². The van der Waals surface area contributed by atoms with E-state index in [1.54, 1.807) is 36.4 Å². The highest BCUT2D eigenvalue weighted by molar-refractivity contribution is 5.93. The van der Waals surface area contributed by atoms with Gasteiger partial charge in [-0.25, -0.2) is 4.98 Å². The monoisotopic (exact) mass is 310 g/mol. The van der Waals surface area contributed by atoms with Crippen molar-refractivity contribution in [2.45, 2.75) is 18.9 Å². The number of pyridine rings is 1. The molecule has 1 aliphatic heterocycles. The molecule has 1 N–H and O–H groups in total. The number of hydrogen-bond donors (Lipinski definition) is 1. The average Bonchev–Trinajstić information content (AvgIpc) is 3.02. The van der Waals surface area contributed by atoms with Crippen molar-refractivity contribution in [1.82, 2.24) is 20.1 Å². The molecule has 0 saturated carbocycles. The third-order valence-electron chi connectivity index (χ3n) is 3.92. The van der Waals surface area contributed by atoms with E-state index >= 15 is 0 Å². The average molecular weight is 310 g/mol. The van der Waals surface area contributed by atoms with Crippen molar-refractivity contribution < 1.29 is 4.79 Å². The minimum atomic E-state index is -0.0993. The summed E-state index contributed by atoms with van der Waals surface area (Å²) in [6.07, 6.45) is 6.78. The lowest BCUT2D eigenvalue weighted by Gasteiger charge is -2.33. The molecule has 1 amide bonds. The fourth-order valence-corrected chi connectivity index (χ4v) is 2.75. The molecule has 1 fully saturated rings. The van der Waals surface area contributed by atoms with Crippen LogP contribution < -0.4 is 10.2 Å². The molecule has 118 valence electrons. The number of piperidine rings is 1.